The van der Waals surface area contributed by atoms with E-state index in [9.17, 15) is 9.18 Å². The number of halogens is 1. The highest BCUT2D eigenvalue weighted by molar-refractivity contribution is 5.94. The summed E-state index contributed by atoms with van der Waals surface area (Å²) < 4.78 is 19.3. The predicted octanol–water partition coefficient (Wildman–Crippen LogP) is 4.92. The van der Waals surface area contributed by atoms with Crippen LogP contribution in [0.25, 0.3) is 0 Å². The van der Waals surface area contributed by atoms with Crippen LogP contribution in [-0.4, -0.2) is 36.0 Å². The van der Waals surface area contributed by atoms with E-state index < -0.39 is 5.82 Å². The molecule has 2 heterocycles. The lowest BCUT2D eigenvalue weighted by Gasteiger charge is -2.37. The van der Waals surface area contributed by atoms with Crippen LogP contribution in [0.4, 0.5) is 4.39 Å². The Hall–Kier alpha value is -3.25. The van der Waals surface area contributed by atoms with Gasteiger partial charge in [0.05, 0.1) is 18.8 Å². The first kappa shape index (κ1) is 22.9. The van der Waals surface area contributed by atoms with E-state index in [-0.39, 0.29) is 17.9 Å². The number of aryl methyl sites for hydroxylation is 1. The molecular weight excluding hydrogens is 417 g/mol. The van der Waals surface area contributed by atoms with E-state index in [2.05, 4.69) is 40.3 Å². The molecule has 1 aromatic heterocycles. The molecule has 4 rings (SSSR count). The number of nitrogens with one attached hydrogen (secondary N) is 1. The highest BCUT2D eigenvalue weighted by Crippen LogP contribution is 2.32. The van der Waals surface area contributed by atoms with Crippen molar-refractivity contribution in [3.63, 3.8) is 0 Å². The molecule has 3 aromatic rings. The maximum Gasteiger partial charge on any atom is 0.251 e. The third kappa shape index (κ3) is 5.57. The minimum atomic E-state index is -0.423. The van der Waals surface area contributed by atoms with Gasteiger partial charge >= 0.3 is 0 Å². The second-order valence-corrected chi connectivity index (χ2v) is 8.62. The van der Waals surface area contributed by atoms with E-state index in [1.165, 1.54) is 12.1 Å². The monoisotopic (exact) mass is 447 g/mol. The van der Waals surface area contributed by atoms with Crippen LogP contribution in [0.15, 0.2) is 66.9 Å². The molecule has 5 nitrogen and oxygen atoms in total. The van der Waals surface area contributed by atoms with Crippen LogP contribution in [-0.2, 0) is 6.54 Å². The van der Waals surface area contributed by atoms with Gasteiger partial charge in [0.1, 0.15) is 11.6 Å². The van der Waals surface area contributed by atoms with Gasteiger partial charge in [-0.3, -0.25) is 14.7 Å². The standard InChI is InChI=1S/C27H30FN3O2/c1-19-8-5-10-22(26(19)33-2)18-31-15-7-11-21(17-31)25(24-13-3-4-14-29-24)30-27(32)20-9-6-12-23(28)16-20/h3-6,8-10,12-14,16,21,25H,7,11,15,17-18H2,1-2H3,(H,30,32)/t21-,25-/m1/s1. The molecule has 2 atom stereocenters. The molecule has 6 heteroatoms. The fourth-order valence-corrected chi connectivity index (χ4v) is 4.73. The molecule has 0 saturated carbocycles. The average molecular weight is 448 g/mol. The number of hydrogen-bond acceptors (Lipinski definition) is 4. The molecule has 1 saturated heterocycles. The van der Waals surface area contributed by atoms with Gasteiger partial charge in [0.15, 0.2) is 0 Å². The maximum absolute atomic E-state index is 13.7. The van der Waals surface area contributed by atoms with Gasteiger partial charge in [-0.15, -0.1) is 0 Å². The van der Waals surface area contributed by atoms with Crippen molar-refractivity contribution in [2.24, 2.45) is 5.92 Å². The average Bonchev–Trinajstić information content (AvgIpc) is 2.83. The molecule has 1 N–H and O–H groups in total. The van der Waals surface area contributed by atoms with Crippen molar-refractivity contribution in [2.75, 3.05) is 20.2 Å². The third-order valence-corrected chi connectivity index (χ3v) is 6.28. The fraction of sp³-hybridized carbons (Fsp3) is 0.333. The number of nitrogens with zero attached hydrogens (tertiary/aromatic N) is 2. The predicted molar refractivity (Wildman–Crippen MR) is 127 cm³/mol. The van der Waals surface area contributed by atoms with Gasteiger partial charge in [-0.05, 0) is 68.1 Å². The smallest absolute Gasteiger partial charge is 0.251 e. The molecule has 0 unspecified atom stereocenters. The van der Waals surface area contributed by atoms with Gasteiger partial charge in [0.25, 0.3) is 5.91 Å². The van der Waals surface area contributed by atoms with Gasteiger partial charge in [0.2, 0.25) is 0 Å². The first-order valence-corrected chi connectivity index (χ1v) is 11.4. The zero-order chi connectivity index (χ0) is 23.2. The third-order valence-electron chi connectivity index (χ3n) is 6.28. The number of methoxy groups -OCH3 is 1. The first-order chi connectivity index (χ1) is 16.0. The quantitative estimate of drug-likeness (QED) is 0.559. The summed E-state index contributed by atoms with van der Waals surface area (Å²) in [6.07, 6.45) is 3.75. The number of para-hydroxylation sites is 1. The molecule has 1 amide bonds. The number of amides is 1. The minimum Gasteiger partial charge on any atom is -0.496 e. The number of aromatic nitrogens is 1. The number of carbonyl (C=O) groups is 1. The van der Waals surface area contributed by atoms with Crippen molar-refractivity contribution in [3.05, 3.63) is 95.1 Å². The van der Waals surface area contributed by atoms with Crippen LogP contribution in [0, 0.1) is 18.7 Å². The molecule has 0 bridgehead atoms. The van der Waals surface area contributed by atoms with Crippen molar-refractivity contribution >= 4 is 5.91 Å². The number of likely N-dealkylation sites (tertiary alicyclic amines) is 1. The number of benzene rings is 2. The molecule has 0 radical (unpaired) electrons. The van der Waals surface area contributed by atoms with Crippen molar-refractivity contribution in [3.8, 4) is 5.75 Å². The number of piperidine rings is 1. The zero-order valence-corrected chi connectivity index (χ0v) is 19.1. The summed E-state index contributed by atoms with van der Waals surface area (Å²) in [7, 11) is 1.71. The number of pyridine rings is 1. The number of rotatable bonds is 7. The molecule has 0 aliphatic carbocycles. The SMILES string of the molecule is COc1c(C)cccc1CN1CCC[C@@H]([C@@H](NC(=O)c2cccc(F)c2)c2ccccn2)C1. The van der Waals surface area contributed by atoms with E-state index in [1.54, 1.807) is 25.4 Å². The Balaban J connectivity index is 1.54. The van der Waals surface area contributed by atoms with Gasteiger partial charge in [0, 0.05) is 30.4 Å². The summed E-state index contributed by atoms with van der Waals surface area (Å²) in [6.45, 7) is 4.65. The first-order valence-electron chi connectivity index (χ1n) is 11.4. The van der Waals surface area contributed by atoms with Gasteiger partial charge < -0.3 is 10.1 Å². The Kier molecular flexibility index (Phi) is 7.35. The Bertz CT molecular complexity index is 1090. The number of ether oxygens (including phenoxy) is 1. The van der Waals surface area contributed by atoms with Crippen LogP contribution in [0.1, 0.15) is 46.1 Å². The summed E-state index contributed by atoms with van der Waals surface area (Å²) in [5, 5.41) is 3.14. The summed E-state index contributed by atoms with van der Waals surface area (Å²) in [4.78, 5) is 19.9. The largest absolute Gasteiger partial charge is 0.496 e. The van der Waals surface area contributed by atoms with Crippen LogP contribution in [0.5, 0.6) is 5.75 Å². The van der Waals surface area contributed by atoms with Crippen molar-refractivity contribution in [2.45, 2.75) is 32.4 Å². The van der Waals surface area contributed by atoms with Crippen molar-refractivity contribution < 1.29 is 13.9 Å². The van der Waals surface area contributed by atoms with Crippen LogP contribution in [0.3, 0.4) is 0 Å². The van der Waals surface area contributed by atoms with Crippen LogP contribution in [0.2, 0.25) is 0 Å². The Morgan fingerprint density at radius 2 is 2.06 bits per heavy atom. The Labute approximate surface area is 194 Å². The normalized spacial score (nSPS) is 17.4. The van der Waals surface area contributed by atoms with Crippen LogP contribution >= 0.6 is 0 Å². The van der Waals surface area contributed by atoms with Gasteiger partial charge in [-0.25, -0.2) is 4.39 Å². The highest BCUT2D eigenvalue weighted by Gasteiger charge is 2.31. The van der Waals surface area contributed by atoms with Crippen LogP contribution < -0.4 is 10.1 Å². The number of carbonyl (C=O) groups excluding carboxylic acids is 1. The Morgan fingerprint density at radius 1 is 1.21 bits per heavy atom. The molecule has 33 heavy (non-hydrogen) atoms. The molecule has 1 aliphatic heterocycles. The second kappa shape index (κ2) is 10.6. The lowest BCUT2D eigenvalue weighted by molar-refractivity contribution is 0.0874. The summed E-state index contributed by atoms with van der Waals surface area (Å²) in [6, 6.07) is 17.5. The zero-order valence-electron chi connectivity index (χ0n) is 19.1. The maximum atomic E-state index is 13.7. The summed E-state index contributed by atoms with van der Waals surface area (Å²) in [5.74, 6) is 0.401. The van der Waals surface area contributed by atoms with E-state index in [1.807, 2.05) is 18.2 Å². The lowest BCUT2D eigenvalue weighted by Crippen LogP contribution is -2.43. The van der Waals surface area contributed by atoms with Gasteiger partial charge in [-0.2, -0.15) is 0 Å². The minimum absolute atomic E-state index is 0.182. The second-order valence-electron chi connectivity index (χ2n) is 8.62. The van der Waals surface area contributed by atoms with Crippen molar-refractivity contribution in [1.82, 2.24) is 15.2 Å². The fourth-order valence-electron chi connectivity index (χ4n) is 4.73. The van der Waals surface area contributed by atoms with E-state index >= 15 is 0 Å². The molecule has 172 valence electrons. The molecular formula is C27H30FN3O2. The Morgan fingerprint density at radius 3 is 2.82 bits per heavy atom. The van der Waals surface area contributed by atoms with Gasteiger partial charge in [-0.1, -0.05) is 30.3 Å². The number of hydrogen-bond donors (Lipinski definition) is 1. The van der Waals surface area contributed by atoms with Crippen molar-refractivity contribution in [1.29, 1.82) is 0 Å². The summed E-state index contributed by atoms with van der Waals surface area (Å²) >= 11 is 0. The highest BCUT2D eigenvalue weighted by atomic mass is 19.1. The topological polar surface area (TPSA) is 54.5 Å². The molecule has 1 fully saturated rings. The summed E-state index contributed by atoms with van der Waals surface area (Å²) in [5.41, 5.74) is 3.42. The van der Waals surface area contributed by atoms with E-state index in [0.717, 1.165) is 55.0 Å². The molecule has 0 spiro atoms. The lowest BCUT2D eigenvalue weighted by atomic mass is 9.88. The molecule has 2 aromatic carbocycles. The molecule has 1 aliphatic rings. The van der Waals surface area contributed by atoms with E-state index in [0.29, 0.717) is 5.56 Å². The van der Waals surface area contributed by atoms with E-state index in [4.69, 9.17) is 4.74 Å².